The van der Waals surface area contributed by atoms with Crippen LogP contribution >= 0.6 is 11.6 Å². The van der Waals surface area contributed by atoms with E-state index in [1.165, 1.54) is 13.2 Å². The molecule has 0 aliphatic heterocycles. The van der Waals surface area contributed by atoms with Gasteiger partial charge in [-0.2, -0.15) is 0 Å². The lowest BCUT2D eigenvalue weighted by atomic mass is 10.1. The minimum Gasteiger partial charge on any atom is -0.504 e. The van der Waals surface area contributed by atoms with E-state index in [1.54, 1.807) is 0 Å². The maximum Gasteiger partial charge on any atom is 0.198 e. The van der Waals surface area contributed by atoms with E-state index in [4.69, 9.17) is 16.7 Å². The maximum absolute atomic E-state index is 13.2. The maximum atomic E-state index is 13.2. The first kappa shape index (κ1) is 11.1. The van der Waals surface area contributed by atoms with Gasteiger partial charge in [0.15, 0.2) is 17.3 Å². The molecule has 0 saturated heterocycles. The first-order valence-corrected chi connectivity index (χ1v) is 4.34. The van der Waals surface area contributed by atoms with Crippen LogP contribution in [0.2, 0.25) is 5.02 Å². The molecule has 0 unspecified atom stereocenters. The Balaban J connectivity index is 3.27. The molecular weight excluding hydrogens is 211 g/mol. The van der Waals surface area contributed by atoms with Gasteiger partial charge in [-0.25, -0.2) is 4.39 Å². The number of benzene rings is 1. The zero-order valence-corrected chi connectivity index (χ0v) is 8.31. The van der Waals surface area contributed by atoms with Gasteiger partial charge in [-0.15, -0.1) is 0 Å². The number of aliphatic hydroxyl groups excluding tert-OH is 1. The SMILES string of the molecule is COc1c(O)c(CCO)cc(Cl)c1F. The summed E-state index contributed by atoms with van der Waals surface area (Å²) in [4.78, 5) is 0. The van der Waals surface area contributed by atoms with Crippen LogP contribution in [0.3, 0.4) is 0 Å². The summed E-state index contributed by atoms with van der Waals surface area (Å²) in [6.07, 6.45) is 0.197. The van der Waals surface area contributed by atoms with Gasteiger partial charge in [-0.3, -0.25) is 0 Å². The second-order valence-corrected chi connectivity index (χ2v) is 3.09. The van der Waals surface area contributed by atoms with E-state index in [-0.39, 0.29) is 29.5 Å². The number of halogens is 2. The summed E-state index contributed by atoms with van der Waals surface area (Å²) in [7, 11) is 1.23. The molecule has 2 N–H and O–H groups in total. The standard InChI is InChI=1S/C9H10ClFO3/c1-14-9-7(11)6(10)4-5(2-3-12)8(9)13/h4,12-13H,2-3H2,1H3. The monoisotopic (exact) mass is 220 g/mol. The zero-order chi connectivity index (χ0) is 10.7. The van der Waals surface area contributed by atoms with Gasteiger partial charge < -0.3 is 14.9 Å². The number of hydrogen-bond donors (Lipinski definition) is 2. The number of hydrogen-bond acceptors (Lipinski definition) is 3. The molecule has 1 aromatic carbocycles. The Morgan fingerprint density at radius 2 is 2.21 bits per heavy atom. The van der Waals surface area contributed by atoms with E-state index in [1.807, 2.05) is 0 Å². The van der Waals surface area contributed by atoms with Crippen molar-refractivity contribution >= 4 is 11.6 Å². The molecule has 0 fully saturated rings. The molecule has 1 rings (SSSR count). The third-order valence-corrected chi connectivity index (χ3v) is 2.09. The van der Waals surface area contributed by atoms with Crippen LogP contribution in [0.15, 0.2) is 6.07 Å². The first-order chi connectivity index (χ1) is 6.61. The quantitative estimate of drug-likeness (QED) is 0.816. The second-order valence-electron chi connectivity index (χ2n) is 2.69. The van der Waals surface area contributed by atoms with Crippen molar-refractivity contribution in [2.45, 2.75) is 6.42 Å². The van der Waals surface area contributed by atoms with Gasteiger partial charge in [0.1, 0.15) is 0 Å². The number of rotatable bonds is 3. The van der Waals surface area contributed by atoms with E-state index in [0.717, 1.165) is 0 Å². The van der Waals surface area contributed by atoms with E-state index < -0.39 is 5.82 Å². The third-order valence-electron chi connectivity index (χ3n) is 1.81. The van der Waals surface area contributed by atoms with Crippen molar-refractivity contribution < 1.29 is 19.3 Å². The van der Waals surface area contributed by atoms with Crippen molar-refractivity contribution in [2.24, 2.45) is 0 Å². The lowest BCUT2D eigenvalue weighted by Crippen LogP contribution is -1.97. The van der Waals surface area contributed by atoms with Crippen LogP contribution in [-0.4, -0.2) is 23.9 Å². The van der Waals surface area contributed by atoms with Crippen molar-refractivity contribution in [3.05, 3.63) is 22.5 Å². The fourth-order valence-electron chi connectivity index (χ4n) is 1.14. The Kier molecular flexibility index (Phi) is 3.55. The minimum absolute atomic E-state index is 0.136. The van der Waals surface area contributed by atoms with Crippen molar-refractivity contribution in [3.8, 4) is 11.5 Å². The Hall–Kier alpha value is -1.00. The highest BCUT2D eigenvalue weighted by molar-refractivity contribution is 6.31. The summed E-state index contributed by atoms with van der Waals surface area (Å²) in [6.45, 7) is -0.154. The summed E-state index contributed by atoms with van der Waals surface area (Å²) in [5.74, 6) is -1.40. The normalized spacial score (nSPS) is 10.3. The predicted octanol–water partition coefficient (Wildman–Crippen LogP) is 1.73. The highest BCUT2D eigenvalue weighted by Crippen LogP contribution is 2.37. The smallest absolute Gasteiger partial charge is 0.198 e. The molecule has 0 heterocycles. The van der Waals surface area contributed by atoms with Crippen LogP contribution in [0, 0.1) is 5.82 Å². The predicted molar refractivity (Wildman–Crippen MR) is 50.4 cm³/mol. The Bertz CT molecular complexity index is 341. The van der Waals surface area contributed by atoms with Crippen LogP contribution in [0.1, 0.15) is 5.56 Å². The number of phenols is 1. The van der Waals surface area contributed by atoms with Crippen molar-refractivity contribution in [2.75, 3.05) is 13.7 Å². The Labute approximate surface area is 85.7 Å². The van der Waals surface area contributed by atoms with Gasteiger partial charge in [0.2, 0.25) is 0 Å². The van der Waals surface area contributed by atoms with Gasteiger partial charge in [0.25, 0.3) is 0 Å². The Morgan fingerprint density at radius 3 is 2.71 bits per heavy atom. The lowest BCUT2D eigenvalue weighted by Gasteiger charge is -2.10. The molecule has 0 aromatic heterocycles. The summed E-state index contributed by atoms with van der Waals surface area (Å²) in [5.41, 5.74) is 0.357. The molecule has 0 bridgehead atoms. The molecule has 14 heavy (non-hydrogen) atoms. The van der Waals surface area contributed by atoms with Crippen LogP contribution in [-0.2, 0) is 6.42 Å². The largest absolute Gasteiger partial charge is 0.504 e. The van der Waals surface area contributed by atoms with Crippen molar-refractivity contribution in [1.29, 1.82) is 0 Å². The zero-order valence-electron chi connectivity index (χ0n) is 7.55. The molecule has 78 valence electrons. The van der Waals surface area contributed by atoms with Gasteiger partial charge in [0.05, 0.1) is 12.1 Å². The molecular formula is C9H10ClFO3. The van der Waals surface area contributed by atoms with Crippen LogP contribution in [0.25, 0.3) is 0 Å². The fraction of sp³-hybridized carbons (Fsp3) is 0.333. The average molecular weight is 221 g/mol. The summed E-state index contributed by atoms with van der Waals surface area (Å²) >= 11 is 5.56. The molecule has 0 radical (unpaired) electrons. The number of aromatic hydroxyl groups is 1. The molecule has 0 amide bonds. The van der Waals surface area contributed by atoms with Crippen LogP contribution < -0.4 is 4.74 Å². The topological polar surface area (TPSA) is 49.7 Å². The van der Waals surface area contributed by atoms with Gasteiger partial charge in [0, 0.05) is 12.2 Å². The summed E-state index contributed by atoms with van der Waals surface area (Å²) in [6, 6.07) is 1.27. The van der Waals surface area contributed by atoms with Crippen LogP contribution in [0.4, 0.5) is 4.39 Å². The van der Waals surface area contributed by atoms with E-state index in [2.05, 4.69) is 4.74 Å². The highest BCUT2D eigenvalue weighted by atomic mass is 35.5. The molecule has 0 atom stereocenters. The molecule has 0 aliphatic rings. The van der Waals surface area contributed by atoms with Crippen LogP contribution in [0.5, 0.6) is 11.5 Å². The fourth-order valence-corrected chi connectivity index (χ4v) is 1.36. The van der Waals surface area contributed by atoms with E-state index in [9.17, 15) is 9.50 Å². The van der Waals surface area contributed by atoms with Crippen molar-refractivity contribution in [1.82, 2.24) is 0 Å². The van der Waals surface area contributed by atoms with Gasteiger partial charge in [-0.05, 0) is 12.5 Å². The average Bonchev–Trinajstić information content (AvgIpc) is 2.16. The van der Waals surface area contributed by atoms with Gasteiger partial charge in [-0.1, -0.05) is 11.6 Å². The molecule has 3 nitrogen and oxygen atoms in total. The third kappa shape index (κ3) is 1.91. The number of aliphatic hydroxyl groups is 1. The molecule has 5 heteroatoms. The summed E-state index contributed by atoms with van der Waals surface area (Å²) < 4.78 is 17.9. The second kappa shape index (κ2) is 4.48. The van der Waals surface area contributed by atoms with E-state index >= 15 is 0 Å². The molecule has 0 spiro atoms. The number of methoxy groups -OCH3 is 1. The number of phenolic OH excluding ortho intramolecular Hbond substituents is 1. The lowest BCUT2D eigenvalue weighted by molar-refractivity contribution is 0.295. The summed E-state index contributed by atoms with van der Waals surface area (Å²) in [5, 5.41) is 18.0. The Morgan fingerprint density at radius 1 is 1.57 bits per heavy atom. The molecule has 0 saturated carbocycles. The van der Waals surface area contributed by atoms with E-state index in [0.29, 0.717) is 5.56 Å². The molecule has 1 aromatic rings. The number of ether oxygens (including phenoxy) is 1. The first-order valence-electron chi connectivity index (χ1n) is 3.96. The van der Waals surface area contributed by atoms with Crippen molar-refractivity contribution in [3.63, 3.8) is 0 Å². The molecule has 0 aliphatic carbocycles. The highest BCUT2D eigenvalue weighted by Gasteiger charge is 2.16. The van der Waals surface area contributed by atoms with Gasteiger partial charge >= 0.3 is 0 Å². The minimum atomic E-state index is -0.798.